The van der Waals surface area contributed by atoms with Crippen LogP contribution in [0.25, 0.3) is 6.08 Å². The van der Waals surface area contributed by atoms with Crippen molar-refractivity contribution in [1.82, 2.24) is 10.6 Å². The summed E-state index contributed by atoms with van der Waals surface area (Å²) in [5.74, 6) is 0.671. The molecule has 138 valence electrons. The zero-order valence-electron chi connectivity index (χ0n) is 14.8. The van der Waals surface area contributed by atoms with Gasteiger partial charge in [0.1, 0.15) is 0 Å². The molecule has 1 amide bonds. The fraction of sp³-hybridized carbons (Fsp3) is 0.550. The average Bonchev–Trinajstić information content (AvgIpc) is 3.34. The van der Waals surface area contributed by atoms with Crippen LogP contribution in [0.4, 0.5) is 4.79 Å². The summed E-state index contributed by atoms with van der Waals surface area (Å²) in [6, 6.07) is 11.8. The molecular formula is C20H29ClN2O2. The Morgan fingerprint density at radius 3 is 2.40 bits per heavy atom. The molecule has 0 aliphatic heterocycles. The van der Waals surface area contributed by atoms with Gasteiger partial charge in [0.2, 0.25) is 0 Å². The summed E-state index contributed by atoms with van der Waals surface area (Å²) in [5, 5.41) is 15.2. The zero-order valence-corrected chi connectivity index (χ0v) is 15.6. The van der Waals surface area contributed by atoms with Gasteiger partial charge in [-0.1, -0.05) is 48.9 Å². The Kier molecular flexibility index (Phi) is 7.33. The first-order chi connectivity index (χ1) is 11.7. The van der Waals surface area contributed by atoms with Crippen LogP contribution in [0.15, 0.2) is 35.9 Å². The Labute approximate surface area is 156 Å². The molecule has 0 unspecified atom stereocenters. The summed E-state index contributed by atoms with van der Waals surface area (Å²) in [4.78, 5) is 10.7. The molecule has 0 radical (unpaired) electrons. The van der Waals surface area contributed by atoms with Gasteiger partial charge in [-0.3, -0.25) is 0 Å². The highest BCUT2D eigenvalue weighted by atomic mass is 35.5. The molecule has 2 fully saturated rings. The van der Waals surface area contributed by atoms with Crippen molar-refractivity contribution in [2.45, 2.75) is 63.6 Å². The molecule has 5 heteroatoms. The Bertz CT molecular complexity index is 583. The molecule has 0 heterocycles. The van der Waals surface area contributed by atoms with Crippen molar-refractivity contribution in [2.24, 2.45) is 5.92 Å². The molecule has 2 saturated carbocycles. The first-order valence-electron chi connectivity index (χ1n) is 9.16. The molecule has 2 atom stereocenters. The van der Waals surface area contributed by atoms with Crippen molar-refractivity contribution in [3.05, 3.63) is 41.5 Å². The summed E-state index contributed by atoms with van der Waals surface area (Å²) >= 11 is 0. The SMILES string of the molecule is CC/C(=C\c1ccccc1)[C@@H]1C[C@H]1N[C@H]1CC[C@H](NC(=O)O)CC1.Cl. The molecule has 4 nitrogen and oxygen atoms in total. The largest absolute Gasteiger partial charge is 0.465 e. The molecule has 3 N–H and O–H groups in total. The summed E-state index contributed by atoms with van der Waals surface area (Å²) in [7, 11) is 0. The Balaban J connectivity index is 0.00000225. The van der Waals surface area contributed by atoms with E-state index >= 15 is 0 Å². The number of carboxylic acid groups (broad SMARTS) is 1. The molecule has 2 aliphatic carbocycles. The van der Waals surface area contributed by atoms with Crippen LogP contribution in [0.5, 0.6) is 0 Å². The highest BCUT2D eigenvalue weighted by Crippen LogP contribution is 2.40. The van der Waals surface area contributed by atoms with Gasteiger partial charge in [0.15, 0.2) is 0 Å². The quantitative estimate of drug-likeness (QED) is 0.698. The summed E-state index contributed by atoms with van der Waals surface area (Å²) in [6.45, 7) is 2.24. The van der Waals surface area contributed by atoms with E-state index < -0.39 is 6.09 Å². The van der Waals surface area contributed by atoms with E-state index in [1.165, 1.54) is 12.0 Å². The number of rotatable bonds is 6. The van der Waals surface area contributed by atoms with Crippen LogP contribution in [-0.2, 0) is 0 Å². The molecule has 25 heavy (non-hydrogen) atoms. The average molecular weight is 365 g/mol. The van der Waals surface area contributed by atoms with E-state index in [0.717, 1.165) is 32.1 Å². The van der Waals surface area contributed by atoms with E-state index in [1.807, 2.05) is 0 Å². The fourth-order valence-corrected chi connectivity index (χ4v) is 3.91. The van der Waals surface area contributed by atoms with Gasteiger partial charge < -0.3 is 15.7 Å². The van der Waals surface area contributed by atoms with E-state index in [4.69, 9.17) is 5.11 Å². The smallest absolute Gasteiger partial charge is 0.404 e. The number of carbonyl (C=O) groups is 1. The second kappa shape index (κ2) is 9.25. The van der Waals surface area contributed by atoms with Crippen LogP contribution in [0.1, 0.15) is 51.0 Å². The molecule has 1 aromatic carbocycles. The Hall–Kier alpha value is -1.52. The van der Waals surface area contributed by atoms with Gasteiger partial charge in [0, 0.05) is 18.1 Å². The van der Waals surface area contributed by atoms with Gasteiger partial charge in [-0.25, -0.2) is 4.79 Å². The van der Waals surface area contributed by atoms with Crippen LogP contribution in [0.2, 0.25) is 0 Å². The number of halogens is 1. The van der Waals surface area contributed by atoms with Gasteiger partial charge >= 0.3 is 6.09 Å². The van der Waals surface area contributed by atoms with E-state index in [1.54, 1.807) is 5.57 Å². The molecule has 1 aromatic rings. The van der Waals surface area contributed by atoms with Crippen LogP contribution in [0.3, 0.4) is 0 Å². The van der Waals surface area contributed by atoms with E-state index in [2.05, 4.69) is 54.0 Å². The lowest BCUT2D eigenvalue weighted by Crippen LogP contribution is -2.42. The number of benzene rings is 1. The minimum Gasteiger partial charge on any atom is -0.465 e. The van der Waals surface area contributed by atoms with E-state index in [0.29, 0.717) is 18.0 Å². The van der Waals surface area contributed by atoms with Crippen molar-refractivity contribution >= 4 is 24.6 Å². The lowest BCUT2D eigenvalue weighted by Gasteiger charge is -2.29. The van der Waals surface area contributed by atoms with Crippen molar-refractivity contribution < 1.29 is 9.90 Å². The summed E-state index contributed by atoms with van der Waals surface area (Å²) in [6.07, 6.45) is 7.82. The number of amides is 1. The highest BCUT2D eigenvalue weighted by Gasteiger charge is 2.40. The third-order valence-corrected chi connectivity index (χ3v) is 5.33. The second-order valence-electron chi connectivity index (χ2n) is 7.10. The monoisotopic (exact) mass is 364 g/mol. The topological polar surface area (TPSA) is 61.4 Å². The number of hydrogen-bond acceptors (Lipinski definition) is 2. The first kappa shape index (κ1) is 19.8. The maximum absolute atomic E-state index is 10.7. The third kappa shape index (κ3) is 5.75. The normalized spacial score (nSPS) is 28.8. The fourth-order valence-electron chi connectivity index (χ4n) is 3.91. The van der Waals surface area contributed by atoms with Gasteiger partial charge in [-0.05, 0) is 50.0 Å². The van der Waals surface area contributed by atoms with Crippen molar-refractivity contribution in [3.63, 3.8) is 0 Å². The summed E-state index contributed by atoms with van der Waals surface area (Å²) < 4.78 is 0. The van der Waals surface area contributed by atoms with Crippen LogP contribution >= 0.6 is 12.4 Å². The van der Waals surface area contributed by atoms with E-state index in [9.17, 15) is 4.79 Å². The maximum Gasteiger partial charge on any atom is 0.404 e. The van der Waals surface area contributed by atoms with Crippen LogP contribution in [-0.4, -0.2) is 29.3 Å². The molecule has 0 spiro atoms. The number of hydrogen-bond donors (Lipinski definition) is 3. The van der Waals surface area contributed by atoms with Crippen LogP contribution in [0, 0.1) is 5.92 Å². The molecule has 3 rings (SSSR count). The van der Waals surface area contributed by atoms with Crippen molar-refractivity contribution in [3.8, 4) is 0 Å². The van der Waals surface area contributed by atoms with Gasteiger partial charge in [0.05, 0.1) is 0 Å². The summed E-state index contributed by atoms with van der Waals surface area (Å²) in [5.41, 5.74) is 2.83. The standard InChI is InChI=1S/C20H28N2O2.ClH/c1-2-15(12-14-6-4-3-5-7-14)18-13-19(18)21-16-8-10-17(11-9-16)22-20(23)24;/h3-7,12,16-19,21-22H,2,8-11,13H2,1H3,(H,23,24);1H/b15-12+;/t16-,17-,18-,19+;/m0./s1. The molecule has 0 saturated heterocycles. The molecular weight excluding hydrogens is 336 g/mol. The van der Waals surface area contributed by atoms with Gasteiger partial charge in [-0.15, -0.1) is 12.4 Å². The zero-order chi connectivity index (χ0) is 16.9. The van der Waals surface area contributed by atoms with E-state index in [-0.39, 0.29) is 18.4 Å². The van der Waals surface area contributed by atoms with Crippen molar-refractivity contribution in [1.29, 1.82) is 0 Å². The van der Waals surface area contributed by atoms with Gasteiger partial charge in [-0.2, -0.15) is 0 Å². The lowest BCUT2D eigenvalue weighted by atomic mass is 9.91. The molecule has 0 aromatic heterocycles. The first-order valence-corrected chi connectivity index (χ1v) is 9.16. The Morgan fingerprint density at radius 2 is 1.80 bits per heavy atom. The Morgan fingerprint density at radius 1 is 1.16 bits per heavy atom. The third-order valence-electron chi connectivity index (χ3n) is 5.33. The minimum atomic E-state index is -0.896. The maximum atomic E-state index is 10.7. The minimum absolute atomic E-state index is 0. The van der Waals surface area contributed by atoms with Crippen molar-refractivity contribution in [2.75, 3.05) is 0 Å². The van der Waals surface area contributed by atoms with Crippen LogP contribution < -0.4 is 10.6 Å². The number of nitrogens with one attached hydrogen (secondary N) is 2. The lowest BCUT2D eigenvalue weighted by molar-refractivity contribution is 0.183. The van der Waals surface area contributed by atoms with Gasteiger partial charge in [0.25, 0.3) is 0 Å². The predicted molar refractivity (Wildman–Crippen MR) is 104 cm³/mol. The molecule has 2 aliphatic rings. The molecule has 0 bridgehead atoms. The predicted octanol–water partition coefficient (Wildman–Crippen LogP) is 4.46. The second-order valence-corrected chi connectivity index (χ2v) is 7.10. The highest BCUT2D eigenvalue weighted by molar-refractivity contribution is 5.85.